The van der Waals surface area contributed by atoms with Crippen LogP contribution >= 0.6 is 11.6 Å². The van der Waals surface area contributed by atoms with Gasteiger partial charge in [-0.15, -0.1) is 0 Å². The summed E-state index contributed by atoms with van der Waals surface area (Å²) in [5, 5.41) is 10.8. The van der Waals surface area contributed by atoms with Crippen LogP contribution in [0.2, 0.25) is 5.02 Å². The van der Waals surface area contributed by atoms with Gasteiger partial charge in [-0.25, -0.2) is 8.78 Å². The molecule has 0 saturated heterocycles. The van der Waals surface area contributed by atoms with Crippen LogP contribution in [0.5, 0.6) is 0 Å². The van der Waals surface area contributed by atoms with Crippen molar-refractivity contribution in [1.29, 1.82) is 0 Å². The summed E-state index contributed by atoms with van der Waals surface area (Å²) in [6.07, 6.45) is 0. The van der Waals surface area contributed by atoms with E-state index < -0.39 is 17.5 Å². The third kappa shape index (κ3) is 3.39. The number of hydrogen-bond acceptors (Lipinski definition) is 2. The highest BCUT2D eigenvalue weighted by atomic mass is 35.5. The second kappa shape index (κ2) is 6.81. The zero-order valence-electron chi connectivity index (χ0n) is 13.8. The van der Waals surface area contributed by atoms with E-state index in [-0.39, 0.29) is 11.4 Å². The molecule has 3 aromatic carbocycles. The number of anilines is 1. The van der Waals surface area contributed by atoms with Crippen molar-refractivity contribution in [2.24, 2.45) is 0 Å². The minimum Gasteiger partial charge on any atom is -0.304 e. The van der Waals surface area contributed by atoms with Crippen molar-refractivity contribution in [3.05, 3.63) is 82.9 Å². The Morgan fingerprint density at radius 3 is 2.59 bits per heavy atom. The minimum absolute atomic E-state index is 0.261. The Hall–Kier alpha value is -3.25. The minimum atomic E-state index is -0.935. The summed E-state index contributed by atoms with van der Waals surface area (Å²) in [6.45, 7) is 0. The van der Waals surface area contributed by atoms with Crippen LogP contribution in [0.1, 0.15) is 10.4 Å². The first kappa shape index (κ1) is 17.2. The third-order valence-corrected chi connectivity index (χ3v) is 4.36. The molecule has 0 aliphatic carbocycles. The lowest BCUT2D eigenvalue weighted by Crippen LogP contribution is -2.14. The molecular formula is C20H12ClF2N3O. The van der Waals surface area contributed by atoms with E-state index in [0.29, 0.717) is 22.0 Å². The standard InChI is InChI=1S/C20H12ClF2N3O/c21-13-3-1-2-11(8-13)12-4-6-16-18(9-12)25-26-19(16)24-20(27)15-7-5-14(22)10-17(15)23/h1-10H,(H2,24,25,26,27). The van der Waals surface area contributed by atoms with Gasteiger partial charge in [-0.2, -0.15) is 5.10 Å². The van der Waals surface area contributed by atoms with Crippen LogP contribution in [0, 0.1) is 11.6 Å². The number of hydrogen-bond donors (Lipinski definition) is 2. The van der Waals surface area contributed by atoms with Crippen LogP contribution in [-0.4, -0.2) is 16.1 Å². The molecule has 0 unspecified atom stereocenters. The summed E-state index contributed by atoms with van der Waals surface area (Å²) in [4.78, 5) is 12.3. The maximum absolute atomic E-state index is 13.8. The molecule has 1 aromatic heterocycles. The predicted molar refractivity (Wildman–Crippen MR) is 101 cm³/mol. The summed E-state index contributed by atoms with van der Waals surface area (Å²) in [7, 11) is 0. The van der Waals surface area contributed by atoms with Gasteiger partial charge < -0.3 is 5.32 Å². The molecule has 134 valence electrons. The second-order valence-electron chi connectivity index (χ2n) is 5.92. The summed E-state index contributed by atoms with van der Waals surface area (Å²) in [6, 6.07) is 15.8. The molecule has 4 aromatic rings. The van der Waals surface area contributed by atoms with E-state index in [2.05, 4.69) is 15.5 Å². The first-order chi connectivity index (χ1) is 13.0. The molecular weight excluding hydrogens is 372 g/mol. The topological polar surface area (TPSA) is 57.8 Å². The fourth-order valence-corrected chi connectivity index (χ4v) is 3.00. The highest BCUT2D eigenvalue weighted by Gasteiger charge is 2.16. The van der Waals surface area contributed by atoms with Crippen molar-refractivity contribution in [2.45, 2.75) is 0 Å². The van der Waals surface area contributed by atoms with Crippen LogP contribution in [0.25, 0.3) is 22.0 Å². The van der Waals surface area contributed by atoms with Crippen LogP contribution in [0.15, 0.2) is 60.7 Å². The third-order valence-electron chi connectivity index (χ3n) is 4.13. The Kier molecular flexibility index (Phi) is 4.33. The maximum atomic E-state index is 13.8. The van der Waals surface area contributed by atoms with Crippen LogP contribution < -0.4 is 5.32 Å². The number of fused-ring (bicyclic) bond motifs is 1. The molecule has 4 nitrogen and oxygen atoms in total. The zero-order chi connectivity index (χ0) is 19.0. The highest BCUT2D eigenvalue weighted by Crippen LogP contribution is 2.28. The molecule has 2 N–H and O–H groups in total. The molecule has 1 amide bonds. The van der Waals surface area contributed by atoms with Crippen molar-refractivity contribution in [3.8, 4) is 11.1 Å². The first-order valence-corrected chi connectivity index (χ1v) is 8.39. The number of H-pyrrole nitrogens is 1. The second-order valence-corrected chi connectivity index (χ2v) is 6.36. The van der Waals surface area contributed by atoms with E-state index in [1.165, 1.54) is 0 Å². The van der Waals surface area contributed by atoms with E-state index in [4.69, 9.17) is 11.6 Å². The maximum Gasteiger partial charge on any atom is 0.259 e. The molecule has 0 radical (unpaired) electrons. The molecule has 1 heterocycles. The first-order valence-electron chi connectivity index (χ1n) is 8.02. The Balaban J connectivity index is 1.64. The number of halogens is 3. The number of aromatic nitrogens is 2. The molecule has 27 heavy (non-hydrogen) atoms. The number of carbonyl (C=O) groups is 1. The number of benzene rings is 3. The van der Waals surface area contributed by atoms with Crippen molar-refractivity contribution in [1.82, 2.24) is 10.2 Å². The molecule has 0 saturated carbocycles. The molecule has 0 atom stereocenters. The lowest BCUT2D eigenvalue weighted by Gasteiger charge is -2.05. The summed E-state index contributed by atoms with van der Waals surface area (Å²) in [5.74, 6) is -2.13. The van der Waals surface area contributed by atoms with E-state index in [9.17, 15) is 13.6 Å². The molecule has 0 aliphatic heterocycles. The summed E-state index contributed by atoms with van der Waals surface area (Å²) >= 11 is 6.03. The van der Waals surface area contributed by atoms with E-state index in [0.717, 1.165) is 23.3 Å². The van der Waals surface area contributed by atoms with E-state index in [1.807, 2.05) is 30.3 Å². The van der Waals surface area contributed by atoms with Gasteiger partial charge in [-0.3, -0.25) is 9.89 Å². The zero-order valence-corrected chi connectivity index (χ0v) is 14.5. The van der Waals surface area contributed by atoms with Gasteiger partial charge >= 0.3 is 0 Å². The average molecular weight is 384 g/mol. The summed E-state index contributed by atoms with van der Waals surface area (Å²) in [5.41, 5.74) is 2.31. The Labute approximate surface area is 157 Å². The van der Waals surface area contributed by atoms with Gasteiger partial charge in [-0.1, -0.05) is 29.8 Å². The van der Waals surface area contributed by atoms with Crippen molar-refractivity contribution >= 4 is 34.2 Å². The molecule has 0 bridgehead atoms. The lowest BCUT2D eigenvalue weighted by molar-refractivity contribution is 0.102. The SMILES string of the molecule is O=C(Nc1n[nH]c2cc(-c3cccc(Cl)c3)ccc12)c1ccc(F)cc1F. The lowest BCUT2D eigenvalue weighted by atomic mass is 10.0. The number of aromatic amines is 1. The summed E-state index contributed by atoms with van der Waals surface area (Å²) < 4.78 is 26.8. The predicted octanol–water partition coefficient (Wildman–Crippen LogP) is 5.41. The molecule has 0 spiro atoms. The van der Waals surface area contributed by atoms with Crippen molar-refractivity contribution in [3.63, 3.8) is 0 Å². The van der Waals surface area contributed by atoms with Gasteiger partial charge in [0, 0.05) is 16.5 Å². The van der Waals surface area contributed by atoms with Crippen molar-refractivity contribution < 1.29 is 13.6 Å². The molecule has 7 heteroatoms. The van der Waals surface area contributed by atoms with E-state index in [1.54, 1.807) is 12.1 Å². The fraction of sp³-hybridized carbons (Fsp3) is 0. The van der Waals surface area contributed by atoms with Gasteiger partial charge in [0.25, 0.3) is 5.91 Å². The fourth-order valence-electron chi connectivity index (χ4n) is 2.81. The Morgan fingerprint density at radius 2 is 1.81 bits per heavy atom. The molecule has 0 fully saturated rings. The Morgan fingerprint density at radius 1 is 1.00 bits per heavy atom. The van der Waals surface area contributed by atoms with Crippen molar-refractivity contribution in [2.75, 3.05) is 5.32 Å². The van der Waals surface area contributed by atoms with Gasteiger partial charge in [0.05, 0.1) is 11.1 Å². The van der Waals surface area contributed by atoms with Gasteiger partial charge in [-0.05, 0) is 47.5 Å². The number of nitrogens with zero attached hydrogens (tertiary/aromatic N) is 1. The van der Waals surface area contributed by atoms with Crippen LogP contribution in [0.4, 0.5) is 14.6 Å². The average Bonchev–Trinajstić information content (AvgIpc) is 3.03. The monoisotopic (exact) mass is 383 g/mol. The molecule has 4 rings (SSSR count). The number of carbonyl (C=O) groups excluding carboxylic acids is 1. The number of amides is 1. The quantitative estimate of drug-likeness (QED) is 0.496. The smallest absolute Gasteiger partial charge is 0.259 e. The van der Waals surface area contributed by atoms with Gasteiger partial charge in [0.2, 0.25) is 0 Å². The van der Waals surface area contributed by atoms with Gasteiger partial charge in [0.15, 0.2) is 5.82 Å². The Bertz CT molecular complexity index is 1170. The number of rotatable bonds is 3. The molecule has 0 aliphatic rings. The normalized spacial score (nSPS) is 10.9. The van der Waals surface area contributed by atoms with E-state index >= 15 is 0 Å². The largest absolute Gasteiger partial charge is 0.304 e. The van der Waals surface area contributed by atoms with Gasteiger partial charge in [0.1, 0.15) is 11.6 Å². The van der Waals surface area contributed by atoms with Crippen LogP contribution in [0.3, 0.4) is 0 Å². The highest BCUT2D eigenvalue weighted by molar-refractivity contribution is 6.30. The van der Waals surface area contributed by atoms with Crippen LogP contribution in [-0.2, 0) is 0 Å². The number of nitrogens with one attached hydrogen (secondary N) is 2.